The van der Waals surface area contributed by atoms with Gasteiger partial charge in [0.1, 0.15) is 23.5 Å². The first-order valence-electron chi connectivity index (χ1n) is 14.8. The molecule has 0 radical (unpaired) electrons. The highest BCUT2D eigenvalue weighted by atomic mass is 19.4. The molecule has 0 bridgehead atoms. The predicted molar refractivity (Wildman–Crippen MR) is 167 cm³/mol. The normalized spacial score (nSPS) is 12.2. The minimum Gasteiger partial charge on any atom is -0.488 e. The summed E-state index contributed by atoms with van der Waals surface area (Å²) in [6, 6.07) is 13.7. The van der Waals surface area contributed by atoms with Crippen molar-refractivity contribution in [3.05, 3.63) is 101 Å². The molecule has 1 N–H and O–H groups in total. The van der Waals surface area contributed by atoms with Crippen molar-refractivity contribution < 1.29 is 50.1 Å². The number of nitrogens with zero attached hydrogens (tertiary/aromatic N) is 3. The molecule has 0 atom stereocenters. The van der Waals surface area contributed by atoms with Gasteiger partial charge in [0.05, 0.1) is 24.1 Å². The van der Waals surface area contributed by atoms with E-state index in [1.807, 2.05) is 0 Å². The molecule has 1 amide bonds. The van der Waals surface area contributed by atoms with Crippen LogP contribution in [0.1, 0.15) is 60.4 Å². The number of rotatable bonds is 10. The van der Waals surface area contributed by atoms with Gasteiger partial charge in [0.2, 0.25) is 0 Å². The fraction of sp³-hybridized carbons (Fsp3) is 0.294. The van der Waals surface area contributed by atoms with E-state index in [4.69, 9.17) is 14.2 Å². The van der Waals surface area contributed by atoms with Gasteiger partial charge in [-0.1, -0.05) is 48.6 Å². The lowest BCUT2D eigenvalue weighted by atomic mass is 10.0. The Bertz CT molecular complexity index is 1810. The Morgan fingerprint density at radius 2 is 1.61 bits per heavy atom. The van der Waals surface area contributed by atoms with Crippen LogP contribution in [-0.4, -0.2) is 45.6 Å². The lowest BCUT2D eigenvalue weighted by Gasteiger charge is -2.19. The molecular formula is C34H32F6N4O5. The monoisotopic (exact) mass is 690 g/mol. The summed E-state index contributed by atoms with van der Waals surface area (Å²) >= 11 is 0. The van der Waals surface area contributed by atoms with Crippen LogP contribution in [0.15, 0.2) is 72.9 Å². The number of halogens is 6. The van der Waals surface area contributed by atoms with Gasteiger partial charge in [0.25, 0.3) is 0 Å². The Kier molecular flexibility index (Phi) is 11.0. The minimum atomic E-state index is -5.05. The van der Waals surface area contributed by atoms with E-state index >= 15 is 0 Å². The van der Waals surface area contributed by atoms with Crippen LogP contribution in [0.25, 0.3) is 23.2 Å². The van der Waals surface area contributed by atoms with Gasteiger partial charge in [0.15, 0.2) is 11.5 Å². The second kappa shape index (κ2) is 14.8. The van der Waals surface area contributed by atoms with Crippen LogP contribution in [0.2, 0.25) is 0 Å². The third-order valence-corrected chi connectivity index (χ3v) is 6.52. The Morgan fingerprint density at radius 3 is 2.24 bits per heavy atom. The lowest BCUT2D eigenvalue weighted by Crippen LogP contribution is -2.32. The number of alkyl carbamates (subject to hydrolysis) is 1. The first-order chi connectivity index (χ1) is 23.0. The molecule has 49 heavy (non-hydrogen) atoms. The van der Waals surface area contributed by atoms with E-state index in [1.54, 1.807) is 57.2 Å². The van der Waals surface area contributed by atoms with E-state index in [0.29, 0.717) is 16.4 Å². The summed E-state index contributed by atoms with van der Waals surface area (Å²) in [6.45, 7) is 6.40. The third-order valence-electron chi connectivity index (χ3n) is 6.52. The van der Waals surface area contributed by atoms with Crippen LogP contribution in [0.3, 0.4) is 0 Å². The zero-order valence-corrected chi connectivity index (χ0v) is 26.8. The molecule has 0 fully saturated rings. The predicted octanol–water partition coefficient (Wildman–Crippen LogP) is 8.27. The van der Waals surface area contributed by atoms with Gasteiger partial charge < -0.3 is 19.5 Å². The van der Waals surface area contributed by atoms with Gasteiger partial charge in [-0.05, 0) is 63.1 Å². The van der Waals surface area contributed by atoms with E-state index in [0.717, 1.165) is 17.7 Å². The lowest BCUT2D eigenvalue weighted by molar-refractivity contribution is -0.143. The van der Waals surface area contributed by atoms with Crippen molar-refractivity contribution in [2.75, 3.05) is 13.2 Å². The van der Waals surface area contributed by atoms with Crippen LogP contribution in [0.5, 0.6) is 5.75 Å². The highest BCUT2D eigenvalue weighted by molar-refractivity contribution is 5.90. The number of hydrogen-bond acceptors (Lipinski definition) is 7. The minimum absolute atomic E-state index is 0.139. The molecule has 2 aromatic heterocycles. The van der Waals surface area contributed by atoms with Crippen molar-refractivity contribution in [2.24, 2.45) is 0 Å². The Labute approximate surface area is 277 Å². The largest absolute Gasteiger partial charge is 0.488 e. The number of pyridine rings is 1. The topological polar surface area (TPSA) is 105 Å². The smallest absolute Gasteiger partial charge is 0.434 e. The molecule has 0 unspecified atom stereocenters. The molecule has 0 aliphatic carbocycles. The Hall–Kier alpha value is -5.34. The molecule has 0 aliphatic heterocycles. The van der Waals surface area contributed by atoms with Gasteiger partial charge in [-0.3, -0.25) is 0 Å². The number of carbonyl (C=O) groups is 2. The van der Waals surface area contributed by atoms with Crippen molar-refractivity contribution in [1.82, 2.24) is 20.1 Å². The molecule has 9 nitrogen and oxygen atoms in total. The van der Waals surface area contributed by atoms with E-state index < -0.39 is 58.4 Å². The number of benzene rings is 2. The van der Waals surface area contributed by atoms with E-state index in [-0.39, 0.29) is 31.0 Å². The first-order valence-corrected chi connectivity index (χ1v) is 14.8. The van der Waals surface area contributed by atoms with Gasteiger partial charge in [-0.25, -0.2) is 19.3 Å². The number of para-hydroxylation sites is 1. The fourth-order valence-corrected chi connectivity index (χ4v) is 4.49. The third kappa shape index (κ3) is 9.61. The van der Waals surface area contributed by atoms with Crippen molar-refractivity contribution in [3.8, 4) is 22.8 Å². The van der Waals surface area contributed by atoms with Crippen molar-refractivity contribution in [3.63, 3.8) is 0 Å². The summed E-state index contributed by atoms with van der Waals surface area (Å²) in [7, 11) is 0. The maximum absolute atomic E-state index is 14.1. The van der Waals surface area contributed by atoms with Crippen LogP contribution in [0.4, 0.5) is 31.1 Å². The standard InChI is InChI=1S/C34H32F6N4O5/c1-5-47-30(45)24-19-42-44(29(24)34(38,39)40)27-13-7-12-26(43-27)23-10-6-11-25(33(35,36)37)28(23)48-20-22-16-14-21(15-17-22)9-8-18-41-31(46)49-32(2,3)4/h6-17,19H,5,18,20H2,1-4H3,(H,41,46). The molecule has 0 spiro atoms. The summed E-state index contributed by atoms with van der Waals surface area (Å²) in [5.41, 5.74) is -3.06. The number of hydrogen-bond donors (Lipinski definition) is 1. The number of nitrogens with one attached hydrogen (secondary N) is 1. The van der Waals surface area contributed by atoms with Crippen LogP contribution < -0.4 is 10.1 Å². The fourth-order valence-electron chi connectivity index (χ4n) is 4.49. The van der Waals surface area contributed by atoms with Crippen LogP contribution in [-0.2, 0) is 28.4 Å². The van der Waals surface area contributed by atoms with Crippen molar-refractivity contribution >= 4 is 18.1 Å². The zero-order valence-electron chi connectivity index (χ0n) is 26.8. The second-order valence-electron chi connectivity index (χ2n) is 11.4. The highest BCUT2D eigenvalue weighted by Crippen LogP contribution is 2.42. The van der Waals surface area contributed by atoms with E-state index in [2.05, 4.69) is 15.4 Å². The Balaban J connectivity index is 1.59. The summed E-state index contributed by atoms with van der Waals surface area (Å²) < 4.78 is 101. The van der Waals surface area contributed by atoms with Crippen LogP contribution >= 0.6 is 0 Å². The average molecular weight is 691 g/mol. The SMILES string of the molecule is CCOC(=O)c1cnn(-c2cccc(-c3cccc(C(F)(F)F)c3OCc3ccc(C=CCNC(=O)OC(C)(C)C)cc3)n2)c1C(F)(F)F. The summed E-state index contributed by atoms with van der Waals surface area (Å²) in [5, 5.41) is 6.28. The van der Waals surface area contributed by atoms with E-state index in [1.165, 1.54) is 31.2 Å². The number of alkyl halides is 6. The first kappa shape index (κ1) is 36.5. The van der Waals surface area contributed by atoms with Gasteiger partial charge >= 0.3 is 24.4 Å². The average Bonchev–Trinajstić information content (AvgIpc) is 3.48. The highest BCUT2D eigenvalue weighted by Gasteiger charge is 2.41. The van der Waals surface area contributed by atoms with Gasteiger partial charge in [-0.2, -0.15) is 31.4 Å². The maximum atomic E-state index is 14.1. The van der Waals surface area contributed by atoms with Gasteiger partial charge in [0, 0.05) is 12.1 Å². The van der Waals surface area contributed by atoms with E-state index in [9.17, 15) is 35.9 Å². The molecule has 4 aromatic rings. The molecule has 2 aromatic carbocycles. The number of esters is 1. The Morgan fingerprint density at radius 1 is 0.918 bits per heavy atom. The molecule has 0 saturated heterocycles. The molecule has 0 aliphatic rings. The summed E-state index contributed by atoms with van der Waals surface area (Å²) in [5.74, 6) is -2.24. The number of amides is 1. The molecule has 260 valence electrons. The summed E-state index contributed by atoms with van der Waals surface area (Å²) in [6.07, 6.45) is -6.34. The van der Waals surface area contributed by atoms with Crippen molar-refractivity contribution in [2.45, 2.75) is 52.3 Å². The number of carbonyl (C=O) groups excluding carboxylic acids is 2. The maximum Gasteiger partial charge on any atom is 0.434 e. The summed E-state index contributed by atoms with van der Waals surface area (Å²) in [4.78, 5) is 28.2. The number of aromatic nitrogens is 3. The molecule has 0 saturated carbocycles. The molecular weight excluding hydrogens is 658 g/mol. The van der Waals surface area contributed by atoms with Gasteiger partial charge in [-0.15, -0.1) is 0 Å². The zero-order chi connectivity index (χ0) is 36.0. The second-order valence-corrected chi connectivity index (χ2v) is 11.4. The van der Waals surface area contributed by atoms with Crippen molar-refractivity contribution in [1.29, 1.82) is 0 Å². The number of ether oxygens (including phenoxy) is 3. The molecule has 15 heteroatoms. The molecule has 2 heterocycles. The van der Waals surface area contributed by atoms with Crippen LogP contribution in [0, 0.1) is 0 Å². The molecule has 4 rings (SSSR count). The quantitative estimate of drug-likeness (QED) is 0.132.